The number of aryl methyl sites for hydroxylation is 1. The van der Waals surface area contributed by atoms with E-state index in [1.165, 1.54) is 5.56 Å². The molecule has 11 nitrogen and oxygen atoms in total. The summed E-state index contributed by atoms with van der Waals surface area (Å²) in [6.07, 6.45) is 1.70. The number of piperazine rings is 1. The summed E-state index contributed by atoms with van der Waals surface area (Å²) in [6.45, 7) is 3.92. The Hall–Kier alpha value is -2.60. The Morgan fingerprint density at radius 1 is 0.973 bits per heavy atom. The molecule has 1 unspecified atom stereocenters. The van der Waals surface area contributed by atoms with Gasteiger partial charge in [-0.15, -0.1) is 5.06 Å². The van der Waals surface area contributed by atoms with Crippen LogP contribution in [0.4, 0.5) is 9.59 Å². The number of hydrogen-bond acceptors (Lipinski definition) is 7. The van der Waals surface area contributed by atoms with E-state index in [9.17, 15) is 19.5 Å². The topological polar surface area (TPSA) is 106 Å². The van der Waals surface area contributed by atoms with E-state index < -0.39 is 24.4 Å². The Kier molecular flexibility index (Phi) is 8.04. The third-order valence-corrected chi connectivity index (χ3v) is 8.04. The molecule has 0 saturated carbocycles. The fourth-order valence-corrected chi connectivity index (χ4v) is 5.60. The Morgan fingerprint density at radius 2 is 1.68 bits per heavy atom. The van der Waals surface area contributed by atoms with E-state index >= 15 is 0 Å². The van der Waals surface area contributed by atoms with Crippen LogP contribution in [0.25, 0.3) is 0 Å². The molecular weight excluding hydrogens is 502 g/mol. The van der Waals surface area contributed by atoms with Gasteiger partial charge in [-0.1, -0.05) is 23.7 Å². The van der Waals surface area contributed by atoms with Gasteiger partial charge in [0.2, 0.25) is 6.35 Å². The molecule has 37 heavy (non-hydrogen) atoms. The molecule has 12 heteroatoms. The predicted octanol–water partition coefficient (Wildman–Crippen LogP) is 1.59. The summed E-state index contributed by atoms with van der Waals surface area (Å²) < 4.78 is 5.31. The first-order valence-corrected chi connectivity index (χ1v) is 13.4. The van der Waals surface area contributed by atoms with Crippen LogP contribution in [0.15, 0.2) is 24.3 Å². The number of rotatable bonds is 4. The number of nitrogens with zero attached hydrogens (tertiary/aromatic N) is 5. The summed E-state index contributed by atoms with van der Waals surface area (Å²) in [5.74, 6) is -0.0131. The minimum atomic E-state index is -1.36. The number of halogens is 1. The molecule has 1 N–H and O–H groups in total. The lowest BCUT2D eigenvalue weighted by Gasteiger charge is -2.39. The van der Waals surface area contributed by atoms with E-state index in [0.29, 0.717) is 58.4 Å². The standard InChI is InChI=1S/C25H34ClN5O6/c26-20-5-3-18(4-6-20)1-2-19-7-9-28(10-8-19)25(35)37-31-22(32)21-17-29(11-12-30(21)24(31)34)23(33)27-13-15-36-16-14-27/h3-6,19,21,24,34H,1-2,7-17H2/t21-,24?/m0/s1. The van der Waals surface area contributed by atoms with Crippen molar-refractivity contribution in [2.75, 3.05) is 59.0 Å². The smallest absolute Gasteiger partial charge is 0.378 e. The number of aliphatic hydroxyl groups is 1. The van der Waals surface area contributed by atoms with Crippen molar-refractivity contribution in [2.24, 2.45) is 5.92 Å². The monoisotopic (exact) mass is 535 g/mol. The van der Waals surface area contributed by atoms with Gasteiger partial charge in [0.05, 0.1) is 13.2 Å². The number of aliphatic hydroxyl groups excluding tert-OH is 1. The Labute approximate surface area is 221 Å². The summed E-state index contributed by atoms with van der Waals surface area (Å²) in [7, 11) is 0. The Balaban J connectivity index is 1.09. The number of fused-ring (bicyclic) bond motifs is 1. The van der Waals surface area contributed by atoms with Crippen LogP contribution in [0.1, 0.15) is 24.8 Å². The molecule has 4 heterocycles. The van der Waals surface area contributed by atoms with Gasteiger partial charge < -0.3 is 29.4 Å². The van der Waals surface area contributed by atoms with Crippen LogP contribution < -0.4 is 0 Å². The highest BCUT2D eigenvalue weighted by atomic mass is 35.5. The van der Waals surface area contributed by atoms with Crippen LogP contribution >= 0.6 is 11.6 Å². The number of carbonyl (C=O) groups is 3. The minimum Gasteiger partial charge on any atom is -0.378 e. The van der Waals surface area contributed by atoms with Crippen LogP contribution in [0.5, 0.6) is 0 Å². The molecule has 4 aliphatic heterocycles. The van der Waals surface area contributed by atoms with Gasteiger partial charge in [-0.2, -0.15) is 0 Å². The number of carbonyl (C=O) groups excluding carboxylic acids is 3. The van der Waals surface area contributed by atoms with Gasteiger partial charge in [-0.25, -0.2) is 14.5 Å². The van der Waals surface area contributed by atoms with E-state index in [2.05, 4.69) is 0 Å². The number of likely N-dealkylation sites (tertiary alicyclic amines) is 1. The summed E-state index contributed by atoms with van der Waals surface area (Å²) in [4.78, 5) is 50.6. The molecule has 5 rings (SSSR count). The van der Waals surface area contributed by atoms with Gasteiger partial charge in [-0.3, -0.25) is 4.79 Å². The molecule has 4 amide bonds. The number of hydroxylamine groups is 2. The van der Waals surface area contributed by atoms with Crippen molar-refractivity contribution in [1.29, 1.82) is 0 Å². The summed E-state index contributed by atoms with van der Waals surface area (Å²) in [6, 6.07) is 6.99. The van der Waals surface area contributed by atoms with E-state index in [1.54, 1.807) is 19.6 Å². The van der Waals surface area contributed by atoms with E-state index in [1.807, 2.05) is 24.3 Å². The van der Waals surface area contributed by atoms with Crippen molar-refractivity contribution >= 4 is 29.6 Å². The molecule has 0 bridgehead atoms. The van der Waals surface area contributed by atoms with Crippen LogP contribution in [-0.4, -0.2) is 119 Å². The molecule has 1 aromatic carbocycles. The third-order valence-electron chi connectivity index (χ3n) is 7.79. The van der Waals surface area contributed by atoms with Gasteiger partial charge in [0.15, 0.2) is 0 Å². The zero-order valence-corrected chi connectivity index (χ0v) is 21.6. The highest BCUT2D eigenvalue weighted by Gasteiger charge is 2.51. The first-order valence-electron chi connectivity index (χ1n) is 13.0. The van der Waals surface area contributed by atoms with Crippen molar-refractivity contribution in [3.8, 4) is 0 Å². The van der Waals surface area contributed by atoms with Gasteiger partial charge >= 0.3 is 12.1 Å². The van der Waals surface area contributed by atoms with Crippen molar-refractivity contribution in [3.63, 3.8) is 0 Å². The highest BCUT2D eigenvalue weighted by molar-refractivity contribution is 6.30. The van der Waals surface area contributed by atoms with Crippen molar-refractivity contribution in [1.82, 2.24) is 24.7 Å². The van der Waals surface area contributed by atoms with Crippen LogP contribution in [0.2, 0.25) is 5.02 Å². The summed E-state index contributed by atoms with van der Waals surface area (Å²) in [5.41, 5.74) is 1.24. The second-order valence-electron chi connectivity index (χ2n) is 10.0. The molecule has 0 radical (unpaired) electrons. The lowest BCUT2D eigenvalue weighted by atomic mass is 9.91. The average Bonchev–Trinajstić information content (AvgIpc) is 3.17. The fourth-order valence-electron chi connectivity index (χ4n) is 5.48. The number of ether oxygens (including phenoxy) is 1. The second kappa shape index (κ2) is 11.4. The molecule has 0 aromatic heterocycles. The number of urea groups is 1. The van der Waals surface area contributed by atoms with Gasteiger partial charge in [0, 0.05) is 50.8 Å². The first-order chi connectivity index (χ1) is 17.9. The molecule has 202 valence electrons. The number of piperidine rings is 1. The molecule has 2 atom stereocenters. The second-order valence-corrected chi connectivity index (χ2v) is 10.5. The molecule has 4 saturated heterocycles. The molecule has 1 aromatic rings. The van der Waals surface area contributed by atoms with Crippen molar-refractivity contribution < 1.29 is 29.1 Å². The summed E-state index contributed by atoms with van der Waals surface area (Å²) >= 11 is 5.96. The molecule has 0 aliphatic carbocycles. The van der Waals surface area contributed by atoms with Crippen LogP contribution in [0, 0.1) is 5.92 Å². The maximum Gasteiger partial charge on any atom is 0.434 e. The molecule has 4 aliphatic rings. The molecule has 0 spiro atoms. The maximum absolute atomic E-state index is 13.1. The van der Waals surface area contributed by atoms with E-state index in [4.69, 9.17) is 21.2 Å². The third kappa shape index (κ3) is 5.79. The highest BCUT2D eigenvalue weighted by Crippen LogP contribution is 2.27. The SMILES string of the molecule is O=C(ON1C(=O)[C@@H]2CN(C(=O)N3CCOCC3)CCN2C1O)N1CCC(CCc2ccc(Cl)cc2)CC1. The first kappa shape index (κ1) is 26.0. The van der Waals surface area contributed by atoms with Crippen molar-refractivity contribution in [3.05, 3.63) is 34.9 Å². The van der Waals surface area contributed by atoms with E-state index in [0.717, 1.165) is 35.8 Å². The Morgan fingerprint density at radius 3 is 2.38 bits per heavy atom. The van der Waals surface area contributed by atoms with Gasteiger partial charge in [0.25, 0.3) is 5.91 Å². The predicted molar refractivity (Wildman–Crippen MR) is 133 cm³/mol. The number of benzene rings is 1. The van der Waals surface area contributed by atoms with Crippen molar-refractivity contribution in [2.45, 2.75) is 38.1 Å². The zero-order chi connectivity index (χ0) is 25.9. The van der Waals surface area contributed by atoms with Gasteiger partial charge in [0.1, 0.15) is 6.04 Å². The largest absolute Gasteiger partial charge is 0.434 e. The average molecular weight is 536 g/mol. The fraction of sp³-hybridized carbons (Fsp3) is 0.640. The lowest BCUT2D eigenvalue weighted by molar-refractivity contribution is -0.215. The van der Waals surface area contributed by atoms with Crippen LogP contribution in [-0.2, 0) is 20.8 Å². The maximum atomic E-state index is 13.1. The normalized spacial score (nSPS) is 25.4. The molecular formula is C25H34ClN5O6. The Bertz CT molecular complexity index is 982. The van der Waals surface area contributed by atoms with E-state index in [-0.39, 0.29) is 12.6 Å². The summed E-state index contributed by atoms with van der Waals surface area (Å²) in [5, 5.41) is 12.2. The quantitative estimate of drug-likeness (QED) is 0.624. The minimum absolute atomic E-state index is 0.138. The lowest BCUT2D eigenvalue weighted by Crippen LogP contribution is -2.59. The number of morpholine rings is 1. The number of amides is 4. The number of hydrogen-bond donors (Lipinski definition) is 1. The zero-order valence-electron chi connectivity index (χ0n) is 20.8. The van der Waals surface area contributed by atoms with Crippen LogP contribution in [0.3, 0.4) is 0 Å². The molecule has 4 fully saturated rings. The van der Waals surface area contributed by atoms with Gasteiger partial charge in [-0.05, 0) is 49.3 Å².